The Morgan fingerprint density at radius 2 is 2.04 bits per heavy atom. The molecule has 1 aromatic carbocycles. The second-order valence-electron chi connectivity index (χ2n) is 5.86. The minimum Gasteiger partial charge on any atom is -0.340 e. The highest BCUT2D eigenvalue weighted by molar-refractivity contribution is 8.01. The highest BCUT2D eigenvalue weighted by Gasteiger charge is 2.25. The van der Waals surface area contributed by atoms with Gasteiger partial charge >= 0.3 is 0 Å². The first kappa shape index (κ1) is 19.4. The maximum atomic E-state index is 12.6. The van der Waals surface area contributed by atoms with Crippen molar-refractivity contribution in [3.05, 3.63) is 35.4 Å². The van der Waals surface area contributed by atoms with E-state index in [9.17, 15) is 9.59 Å². The summed E-state index contributed by atoms with van der Waals surface area (Å²) >= 11 is 2.90. The number of nitrogens with zero attached hydrogens (tertiary/aromatic N) is 2. The summed E-state index contributed by atoms with van der Waals surface area (Å²) in [6.45, 7) is 7.73. The summed E-state index contributed by atoms with van der Waals surface area (Å²) < 4.78 is 0.808. The minimum atomic E-state index is -0.654. The summed E-state index contributed by atoms with van der Waals surface area (Å²) in [7, 11) is 0. The lowest BCUT2D eigenvalue weighted by molar-refractivity contribution is -0.118. The zero-order valence-corrected chi connectivity index (χ0v) is 16.3. The van der Waals surface area contributed by atoms with Gasteiger partial charge in [0.2, 0.25) is 11.0 Å². The van der Waals surface area contributed by atoms with E-state index in [1.807, 2.05) is 39.8 Å². The Kier molecular flexibility index (Phi) is 6.95. The molecule has 0 aliphatic heterocycles. The summed E-state index contributed by atoms with van der Waals surface area (Å²) in [5.74, 6) is 0.271. The Bertz CT molecular complexity index is 746. The first-order valence-electron chi connectivity index (χ1n) is 8.05. The van der Waals surface area contributed by atoms with Crippen LogP contribution in [0, 0.1) is 12.8 Å². The molecule has 0 bridgehead atoms. The van der Waals surface area contributed by atoms with Crippen LogP contribution in [0.3, 0.4) is 0 Å². The molecule has 25 heavy (non-hydrogen) atoms. The van der Waals surface area contributed by atoms with Gasteiger partial charge in [0.15, 0.2) is 4.34 Å². The molecule has 0 saturated heterocycles. The van der Waals surface area contributed by atoms with Gasteiger partial charge in [0.25, 0.3) is 5.91 Å². The van der Waals surface area contributed by atoms with Crippen LogP contribution in [0.1, 0.15) is 36.7 Å². The van der Waals surface area contributed by atoms with Crippen molar-refractivity contribution in [1.82, 2.24) is 15.5 Å². The van der Waals surface area contributed by atoms with Crippen LogP contribution in [0.4, 0.5) is 5.13 Å². The van der Waals surface area contributed by atoms with E-state index in [-0.39, 0.29) is 17.7 Å². The van der Waals surface area contributed by atoms with Gasteiger partial charge in [-0.25, -0.2) is 0 Å². The summed E-state index contributed by atoms with van der Waals surface area (Å²) in [6.07, 6.45) is 0. The van der Waals surface area contributed by atoms with Crippen LogP contribution < -0.4 is 10.6 Å². The average molecular weight is 379 g/mol. The standard InChI is InChI=1S/C17H22N4O2S2/c1-5-24-17-21-20-16(25-17)19-15(23)13(10(2)3)18-14(22)12-8-6-7-11(4)9-12/h6-10,13H,5H2,1-4H3,(H,18,22)(H,19,20,23)/t13-/m1/s1. The maximum Gasteiger partial charge on any atom is 0.251 e. The van der Waals surface area contributed by atoms with Crippen LogP contribution in [0.25, 0.3) is 0 Å². The van der Waals surface area contributed by atoms with Gasteiger partial charge in [-0.2, -0.15) is 0 Å². The number of rotatable bonds is 7. The molecule has 134 valence electrons. The van der Waals surface area contributed by atoms with Crippen molar-refractivity contribution in [2.24, 2.45) is 5.92 Å². The van der Waals surface area contributed by atoms with Crippen molar-refractivity contribution in [2.75, 3.05) is 11.1 Å². The van der Waals surface area contributed by atoms with Crippen molar-refractivity contribution in [1.29, 1.82) is 0 Å². The largest absolute Gasteiger partial charge is 0.340 e. The molecule has 0 aliphatic carbocycles. The second-order valence-corrected chi connectivity index (χ2v) is 8.35. The SMILES string of the molecule is CCSc1nnc(NC(=O)[C@H](NC(=O)c2cccc(C)c2)C(C)C)s1. The van der Waals surface area contributed by atoms with Crippen LogP contribution in [-0.4, -0.2) is 33.8 Å². The van der Waals surface area contributed by atoms with Crippen LogP contribution in [0.2, 0.25) is 0 Å². The summed E-state index contributed by atoms with van der Waals surface area (Å²) in [5.41, 5.74) is 1.53. The van der Waals surface area contributed by atoms with Gasteiger partial charge in [0.1, 0.15) is 6.04 Å². The first-order valence-corrected chi connectivity index (χ1v) is 9.85. The number of benzene rings is 1. The highest BCUT2D eigenvalue weighted by Crippen LogP contribution is 2.25. The normalized spacial score (nSPS) is 12.0. The van der Waals surface area contributed by atoms with Gasteiger partial charge in [-0.15, -0.1) is 10.2 Å². The molecular weight excluding hydrogens is 356 g/mol. The predicted octanol–water partition coefficient (Wildman–Crippen LogP) is 3.35. The van der Waals surface area contributed by atoms with Crippen molar-refractivity contribution >= 4 is 40.0 Å². The monoisotopic (exact) mass is 378 g/mol. The van der Waals surface area contributed by atoms with Gasteiger partial charge in [-0.1, -0.05) is 61.6 Å². The lowest BCUT2D eigenvalue weighted by atomic mass is 10.0. The zero-order chi connectivity index (χ0) is 18.4. The molecule has 0 saturated carbocycles. The average Bonchev–Trinajstić information content (AvgIpc) is 2.99. The third-order valence-electron chi connectivity index (χ3n) is 3.42. The van der Waals surface area contributed by atoms with E-state index >= 15 is 0 Å². The molecule has 2 amide bonds. The number of carbonyl (C=O) groups excluding carboxylic acids is 2. The topological polar surface area (TPSA) is 84.0 Å². The fourth-order valence-corrected chi connectivity index (χ4v) is 3.82. The van der Waals surface area contributed by atoms with Gasteiger partial charge in [-0.05, 0) is 30.7 Å². The number of thioether (sulfide) groups is 1. The molecule has 2 aromatic rings. The molecule has 8 heteroatoms. The van der Waals surface area contributed by atoms with Gasteiger partial charge in [0.05, 0.1) is 0 Å². The predicted molar refractivity (Wildman–Crippen MR) is 102 cm³/mol. The molecule has 6 nitrogen and oxygen atoms in total. The number of hydrogen-bond acceptors (Lipinski definition) is 6. The van der Waals surface area contributed by atoms with E-state index in [0.29, 0.717) is 10.7 Å². The molecule has 2 N–H and O–H groups in total. The Morgan fingerprint density at radius 3 is 2.68 bits per heavy atom. The molecule has 1 atom stereocenters. The number of carbonyl (C=O) groups is 2. The van der Waals surface area contributed by atoms with E-state index in [2.05, 4.69) is 20.8 Å². The quantitative estimate of drug-likeness (QED) is 0.570. The van der Waals surface area contributed by atoms with Gasteiger partial charge in [0, 0.05) is 5.56 Å². The van der Waals surface area contributed by atoms with E-state index in [1.165, 1.54) is 11.3 Å². The van der Waals surface area contributed by atoms with Crippen molar-refractivity contribution < 1.29 is 9.59 Å². The number of aromatic nitrogens is 2. The Balaban J connectivity index is 2.05. The number of hydrogen-bond donors (Lipinski definition) is 2. The third kappa shape index (κ3) is 5.54. The van der Waals surface area contributed by atoms with Crippen molar-refractivity contribution in [3.63, 3.8) is 0 Å². The second kappa shape index (κ2) is 8.96. The lowest BCUT2D eigenvalue weighted by Crippen LogP contribution is -2.47. The van der Waals surface area contributed by atoms with Crippen LogP contribution in [-0.2, 0) is 4.79 Å². The van der Waals surface area contributed by atoms with Crippen LogP contribution >= 0.6 is 23.1 Å². The Morgan fingerprint density at radius 1 is 1.28 bits per heavy atom. The van der Waals surface area contributed by atoms with E-state index in [1.54, 1.807) is 23.9 Å². The molecule has 0 spiro atoms. The van der Waals surface area contributed by atoms with E-state index < -0.39 is 6.04 Å². The van der Waals surface area contributed by atoms with Crippen LogP contribution in [0.15, 0.2) is 28.6 Å². The maximum absolute atomic E-state index is 12.6. The Hall–Kier alpha value is -1.93. The summed E-state index contributed by atoms with van der Waals surface area (Å²) in [6, 6.07) is 6.62. The minimum absolute atomic E-state index is 0.0637. The summed E-state index contributed by atoms with van der Waals surface area (Å²) in [4.78, 5) is 25.0. The highest BCUT2D eigenvalue weighted by atomic mass is 32.2. The third-order valence-corrected chi connectivity index (χ3v) is 5.27. The Labute approximate surface area is 155 Å². The fourth-order valence-electron chi connectivity index (χ4n) is 2.17. The molecule has 0 aliphatic rings. The molecule has 0 radical (unpaired) electrons. The molecule has 1 heterocycles. The van der Waals surface area contributed by atoms with Crippen molar-refractivity contribution in [2.45, 2.75) is 38.1 Å². The van der Waals surface area contributed by atoms with Gasteiger partial charge < -0.3 is 5.32 Å². The number of nitrogens with one attached hydrogen (secondary N) is 2. The molecule has 2 rings (SSSR count). The lowest BCUT2D eigenvalue weighted by Gasteiger charge is -2.21. The number of aryl methyl sites for hydroxylation is 1. The van der Waals surface area contributed by atoms with Crippen molar-refractivity contribution in [3.8, 4) is 0 Å². The fraction of sp³-hybridized carbons (Fsp3) is 0.412. The molecule has 1 aromatic heterocycles. The smallest absolute Gasteiger partial charge is 0.251 e. The van der Waals surface area contributed by atoms with Crippen LogP contribution in [0.5, 0.6) is 0 Å². The zero-order valence-electron chi connectivity index (χ0n) is 14.7. The summed E-state index contributed by atoms with van der Waals surface area (Å²) in [5, 5.41) is 14.0. The van der Waals surface area contributed by atoms with Gasteiger partial charge in [-0.3, -0.25) is 14.9 Å². The van der Waals surface area contributed by atoms with E-state index in [0.717, 1.165) is 15.7 Å². The number of amides is 2. The first-order chi connectivity index (χ1) is 11.9. The molecular formula is C17H22N4O2S2. The molecule has 0 fully saturated rings. The number of anilines is 1. The molecule has 0 unspecified atom stereocenters. The van der Waals surface area contributed by atoms with E-state index in [4.69, 9.17) is 0 Å².